The summed E-state index contributed by atoms with van der Waals surface area (Å²) in [5.41, 5.74) is 0. The first-order chi connectivity index (χ1) is 6.84. The van der Waals surface area contributed by atoms with Crippen LogP contribution in [0, 0.1) is 0 Å². The van der Waals surface area contributed by atoms with Gasteiger partial charge in [0.25, 0.3) is 0 Å². The van der Waals surface area contributed by atoms with Crippen molar-refractivity contribution in [2.75, 3.05) is 13.2 Å². The van der Waals surface area contributed by atoms with Crippen LogP contribution in [0.1, 0.15) is 24.1 Å². The van der Waals surface area contributed by atoms with Crippen LogP contribution >= 0.6 is 27.3 Å². The highest BCUT2D eigenvalue weighted by Gasteiger charge is 1.99. The summed E-state index contributed by atoms with van der Waals surface area (Å²) < 4.78 is 1.20. The fraction of sp³-hybridized carbons (Fsp3) is 0.600. The third-order valence-corrected chi connectivity index (χ3v) is 3.91. The second-order valence-electron chi connectivity index (χ2n) is 3.15. The summed E-state index contributed by atoms with van der Waals surface area (Å²) >= 11 is 5.27. The number of thiophene rings is 1. The van der Waals surface area contributed by atoms with E-state index in [0.29, 0.717) is 6.61 Å². The van der Waals surface area contributed by atoms with Crippen LogP contribution in [0.25, 0.3) is 0 Å². The summed E-state index contributed by atoms with van der Waals surface area (Å²) in [6.45, 7) is 2.29. The van der Waals surface area contributed by atoms with Gasteiger partial charge in [-0.15, -0.1) is 11.3 Å². The molecule has 2 N–H and O–H groups in total. The molecule has 0 atom stereocenters. The van der Waals surface area contributed by atoms with Crippen LogP contribution in [0.5, 0.6) is 0 Å². The van der Waals surface area contributed by atoms with Crippen LogP contribution in [0.3, 0.4) is 0 Å². The van der Waals surface area contributed by atoms with Gasteiger partial charge in [0, 0.05) is 22.5 Å². The van der Waals surface area contributed by atoms with E-state index in [9.17, 15) is 0 Å². The second kappa shape index (κ2) is 7.40. The van der Waals surface area contributed by atoms with Crippen LogP contribution in [0.2, 0.25) is 0 Å². The maximum atomic E-state index is 8.58. The van der Waals surface area contributed by atoms with Crippen LogP contribution in [0.15, 0.2) is 15.9 Å². The molecule has 0 unspecified atom stereocenters. The molecule has 0 aliphatic carbocycles. The molecule has 2 nitrogen and oxygen atoms in total. The largest absolute Gasteiger partial charge is 0.396 e. The zero-order valence-electron chi connectivity index (χ0n) is 8.13. The van der Waals surface area contributed by atoms with Crippen LogP contribution in [-0.4, -0.2) is 18.3 Å². The first kappa shape index (κ1) is 12.2. The molecule has 0 radical (unpaired) electrons. The number of hydrogen-bond donors (Lipinski definition) is 2. The van der Waals surface area contributed by atoms with Crippen molar-refractivity contribution in [3.8, 4) is 0 Å². The molecule has 0 amide bonds. The molecule has 0 saturated heterocycles. The Morgan fingerprint density at radius 3 is 2.86 bits per heavy atom. The summed E-state index contributed by atoms with van der Waals surface area (Å²) in [5, 5.41) is 14.1. The number of nitrogens with one attached hydrogen (secondary N) is 1. The molecule has 0 bridgehead atoms. The molecule has 1 aromatic heterocycles. The Labute approximate surface area is 97.5 Å². The molecule has 0 fully saturated rings. The number of rotatable bonds is 7. The third kappa shape index (κ3) is 4.55. The minimum Gasteiger partial charge on any atom is -0.396 e. The van der Waals surface area contributed by atoms with Gasteiger partial charge in [-0.05, 0) is 53.2 Å². The van der Waals surface area contributed by atoms with Crippen molar-refractivity contribution in [3.05, 3.63) is 20.8 Å². The Balaban J connectivity index is 2.02. The number of halogens is 1. The molecule has 1 rings (SSSR count). The number of aliphatic hydroxyl groups is 1. The van der Waals surface area contributed by atoms with Gasteiger partial charge in [0.2, 0.25) is 0 Å². The van der Waals surface area contributed by atoms with Gasteiger partial charge in [0.05, 0.1) is 0 Å². The molecule has 0 aromatic carbocycles. The summed E-state index contributed by atoms with van der Waals surface area (Å²) in [6.07, 6.45) is 3.17. The van der Waals surface area contributed by atoms with Gasteiger partial charge in [0.1, 0.15) is 0 Å². The Kier molecular flexibility index (Phi) is 6.43. The summed E-state index contributed by atoms with van der Waals surface area (Å²) in [5.74, 6) is 0. The lowest BCUT2D eigenvalue weighted by Crippen LogP contribution is -2.14. The zero-order chi connectivity index (χ0) is 10.2. The van der Waals surface area contributed by atoms with Gasteiger partial charge in [-0.2, -0.15) is 0 Å². The first-order valence-electron chi connectivity index (χ1n) is 4.88. The van der Waals surface area contributed by atoms with Gasteiger partial charge in [-0.1, -0.05) is 0 Å². The van der Waals surface area contributed by atoms with Crippen molar-refractivity contribution >= 4 is 27.3 Å². The highest BCUT2D eigenvalue weighted by Crippen LogP contribution is 2.21. The highest BCUT2D eigenvalue weighted by atomic mass is 79.9. The van der Waals surface area contributed by atoms with Crippen molar-refractivity contribution in [3.63, 3.8) is 0 Å². The lowest BCUT2D eigenvalue weighted by molar-refractivity contribution is 0.283. The quantitative estimate of drug-likeness (QED) is 0.752. The fourth-order valence-corrected chi connectivity index (χ4v) is 2.65. The van der Waals surface area contributed by atoms with E-state index < -0.39 is 0 Å². The van der Waals surface area contributed by atoms with Crippen LogP contribution < -0.4 is 5.32 Å². The third-order valence-electron chi connectivity index (χ3n) is 1.99. The Bertz CT molecular complexity index is 252. The molecule has 14 heavy (non-hydrogen) atoms. The van der Waals surface area contributed by atoms with Crippen molar-refractivity contribution in [2.45, 2.75) is 25.8 Å². The van der Waals surface area contributed by atoms with Gasteiger partial charge in [-0.25, -0.2) is 0 Å². The van der Waals surface area contributed by atoms with E-state index in [1.54, 1.807) is 11.3 Å². The SMILES string of the molecule is OCCCCCNCc1sccc1Br. The average Bonchev–Trinajstić information content (AvgIpc) is 2.58. The predicted octanol–water partition coefficient (Wildman–Crippen LogP) is 2.76. The Morgan fingerprint density at radius 2 is 2.21 bits per heavy atom. The van der Waals surface area contributed by atoms with E-state index in [0.717, 1.165) is 32.4 Å². The molecule has 1 heterocycles. The lowest BCUT2D eigenvalue weighted by atomic mass is 10.2. The second-order valence-corrected chi connectivity index (χ2v) is 5.01. The summed E-state index contributed by atoms with van der Waals surface area (Å²) in [6, 6.07) is 2.08. The first-order valence-corrected chi connectivity index (χ1v) is 6.55. The average molecular weight is 278 g/mol. The zero-order valence-corrected chi connectivity index (χ0v) is 10.5. The Hall–Kier alpha value is 0.100. The van der Waals surface area contributed by atoms with E-state index in [4.69, 9.17) is 5.11 Å². The minimum atomic E-state index is 0.316. The topological polar surface area (TPSA) is 32.3 Å². The summed E-state index contributed by atoms with van der Waals surface area (Å²) in [4.78, 5) is 1.35. The maximum absolute atomic E-state index is 8.58. The molecule has 1 aromatic rings. The smallest absolute Gasteiger partial charge is 0.0431 e. The molecule has 0 aliphatic heterocycles. The lowest BCUT2D eigenvalue weighted by Gasteiger charge is -2.02. The molecular formula is C10H16BrNOS. The maximum Gasteiger partial charge on any atom is 0.0431 e. The van der Waals surface area contributed by atoms with Crippen LogP contribution in [0.4, 0.5) is 0 Å². The summed E-state index contributed by atoms with van der Waals surface area (Å²) in [7, 11) is 0. The number of hydrogen-bond acceptors (Lipinski definition) is 3. The van der Waals surface area contributed by atoms with Gasteiger partial charge in [0.15, 0.2) is 0 Å². The number of aliphatic hydroxyl groups excluding tert-OH is 1. The molecule has 4 heteroatoms. The van der Waals surface area contributed by atoms with E-state index >= 15 is 0 Å². The molecule has 80 valence electrons. The highest BCUT2D eigenvalue weighted by molar-refractivity contribution is 9.10. The minimum absolute atomic E-state index is 0.316. The van der Waals surface area contributed by atoms with E-state index in [1.807, 2.05) is 0 Å². The molecule has 0 saturated carbocycles. The molecule has 0 aliphatic rings. The normalized spacial score (nSPS) is 10.7. The van der Waals surface area contributed by atoms with Gasteiger partial charge < -0.3 is 10.4 Å². The van der Waals surface area contributed by atoms with E-state index in [-0.39, 0.29) is 0 Å². The van der Waals surface area contributed by atoms with Crippen molar-refractivity contribution < 1.29 is 5.11 Å². The standard InChI is InChI=1S/C10H16BrNOS/c11-9-4-7-14-10(9)8-12-5-2-1-3-6-13/h4,7,12-13H,1-3,5-6,8H2. The Morgan fingerprint density at radius 1 is 1.36 bits per heavy atom. The van der Waals surface area contributed by atoms with Crippen LogP contribution in [-0.2, 0) is 6.54 Å². The van der Waals surface area contributed by atoms with Crippen molar-refractivity contribution in [1.82, 2.24) is 5.32 Å². The van der Waals surface area contributed by atoms with Gasteiger partial charge in [-0.3, -0.25) is 0 Å². The van der Waals surface area contributed by atoms with E-state index in [2.05, 4.69) is 32.7 Å². The fourth-order valence-electron chi connectivity index (χ4n) is 1.19. The molecular weight excluding hydrogens is 262 g/mol. The molecule has 0 spiro atoms. The predicted molar refractivity (Wildman–Crippen MR) is 64.7 cm³/mol. The van der Waals surface area contributed by atoms with Crippen molar-refractivity contribution in [1.29, 1.82) is 0 Å². The number of unbranched alkanes of at least 4 members (excludes halogenated alkanes) is 2. The van der Waals surface area contributed by atoms with Gasteiger partial charge >= 0.3 is 0 Å². The van der Waals surface area contributed by atoms with E-state index in [1.165, 1.54) is 9.35 Å². The monoisotopic (exact) mass is 277 g/mol. The van der Waals surface area contributed by atoms with Crippen molar-refractivity contribution in [2.24, 2.45) is 0 Å².